The minimum Gasteiger partial charge on any atom is -0.421 e. The van der Waals surface area contributed by atoms with E-state index >= 15 is 0 Å². The maximum Gasteiger partial charge on any atom is 0.418 e. The van der Waals surface area contributed by atoms with Crippen molar-refractivity contribution >= 4 is 11.6 Å². The van der Waals surface area contributed by atoms with Gasteiger partial charge in [-0.25, -0.2) is 4.39 Å². The van der Waals surface area contributed by atoms with E-state index in [2.05, 4.69) is 15.5 Å². The van der Waals surface area contributed by atoms with Crippen LogP contribution in [0.25, 0.3) is 11.5 Å². The number of anilines is 1. The SMILES string of the molecule is O=C(CCc1nnc(-c2ccccc2F)o1)Nc1ccccc1C(F)(F)F. The van der Waals surface area contributed by atoms with Gasteiger partial charge in [0, 0.05) is 12.8 Å². The molecule has 0 fully saturated rings. The van der Waals surface area contributed by atoms with Crippen LogP contribution in [0.5, 0.6) is 0 Å². The number of amides is 1. The van der Waals surface area contributed by atoms with Gasteiger partial charge in [0.25, 0.3) is 5.89 Å². The zero-order chi connectivity index (χ0) is 19.4. The molecule has 9 heteroatoms. The fourth-order valence-corrected chi connectivity index (χ4v) is 2.37. The number of hydrogen-bond donors (Lipinski definition) is 1. The summed E-state index contributed by atoms with van der Waals surface area (Å²) < 4.78 is 57.8. The number of rotatable bonds is 5. The van der Waals surface area contributed by atoms with Crippen LogP contribution in [0.4, 0.5) is 23.2 Å². The molecule has 27 heavy (non-hydrogen) atoms. The molecule has 140 valence electrons. The van der Waals surface area contributed by atoms with Crippen molar-refractivity contribution in [2.24, 2.45) is 0 Å². The van der Waals surface area contributed by atoms with Crippen LogP contribution in [-0.4, -0.2) is 16.1 Å². The minimum atomic E-state index is -4.58. The minimum absolute atomic E-state index is 0.00146. The van der Waals surface area contributed by atoms with Crippen LogP contribution in [0.15, 0.2) is 52.9 Å². The molecule has 0 aliphatic heterocycles. The summed E-state index contributed by atoms with van der Waals surface area (Å²) in [4.78, 5) is 12.0. The maximum absolute atomic E-state index is 13.7. The number of aromatic nitrogens is 2. The van der Waals surface area contributed by atoms with E-state index < -0.39 is 23.5 Å². The first-order valence-electron chi connectivity index (χ1n) is 7.88. The molecule has 2 aromatic carbocycles. The molecule has 1 N–H and O–H groups in total. The average Bonchev–Trinajstić information content (AvgIpc) is 3.09. The Labute approximate surface area is 151 Å². The molecule has 0 saturated carbocycles. The third-order valence-corrected chi connectivity index (χ3v) is 3.64. The number of nitrogens with zero attached hydrogens (tertiary/aromatic N) is 2. The summed E-state index contributed by atoms with van der Waals surface area (Å²) >= 11 is 0. The highest BCUT2D eigenvalue weighted by Gasteiger charge is 2.33. The summed E-state index contributed by atoms with van der Waals surface area (Å²) in [6, 6.07) is 10.5. The van der Waals surface area contributed by atoms with Gasteiger partial charge in [-0.05, 0) is 24.3 Å². The van der Waals surface area contributed by atoms with Crippen molar-refractivity contribution in [1.29, 1.82) is 0 Å². The van der Waals surface area contributed by atoms with Crippen LogP contribution in [0.2, 0.25) is 0 Å². The Morgan fingerprint density at radius 3 is 2.48 bits per heavy atom. The van der Waals surface area contributed by atoms with Gasteiger partial charge in [0.2, 0.25) is 11.8 Å². The lowest BCUT2D eigenvalue weighted by Crippen LogP contribution is -2.16. The lowest BCUT2D eigenvalue weighted by Gasteiger charge is -2.13. The highest BCUT2D eigenvalue weighted by molar-refractivity contribution is 5.91. The lowest BCUT2D eigenvalue weighted by molar-refractivity contribution is -0.137. The molecule has 1 aromatic heterocycles. The molecule has 0 bridgehead atoms. The molecular weight excluding hydrogens is 366 g/mol. The van der Waals surface area contributed by atoms with Crippen molar-refractivity contribution < 1.29 is 26.8 Å². The number of para-hydroxylation sites is 1. The number of carbonyl (C=O) groups is 1. The Morgan fingerprint density at radius 1 is 1.04 bits per heavy atom. The Balaban J connectivity index is 1.64. The normalized spacial score (nSPS) is 11.4. The van der Waals surface area contributed by atoms with Gasteiger partial charge in [-0.3, -0.25) is 4.79 Å². The number of hydrogen-bond acceptors (Lipinski definition) is 4. The fourth-order valence-electron chi connectivity index (χ4n) is 2.37. The van der Waals surface area contributed by atoms with E-state index in [1.807, 2.05) is 0 Å². The molecule has 1 heterocycles. The van der Waals surface area contributed by atoms with Crippen LogP contribution < -0.4 is 5.32 Å². The predicted octanol–water partition coefficient (Wildman–Crippen LogP) is 4.47. The first-order chi connectivity index (χ1) is 12.8. The van der Waals surface area contributed by atoms with Crippen molar-refractivity contribution in [3.63, 3.8) is 0 Å². The molecule has 0 unspecified atom stereocenters. The summed E-state index contributed by atoms with van der Waals surface area (Å²) in [5, 5.41) is 9.67. The number of halogens is 4. The molecule has 0 aliphatic carbocycles. The van der Waals surface area contributed by atoms with Crippen molar-refractivity contribution in [3.8, 4) is 11.5 Å². The van der Waals surface area contributed by atoms with Gasteiger partial charge in [-0.1, -0.05) is 24.3 Å². The Bertz CT molecular complexity index is 954. The van der Waals surface area contributed by atoms with E-state index in [1.54, 1.807) is 6.07 Å². The number of aryl methyl sites for hydroxylation is 1. The van der Waals surface area contributed by atoms with Gasteiger partial charge in [-0.15, -0.1) is 10.2 Å². The molecule has 0 atom stereocenters. The summed E-state index contributed by atoms with van der Waals surface area (Å²) in [6.07, 6.45) is -4.75. The molecule has 3 rings (SSSR count). The second kappa shape index (κ2) is 7.56. The largest absolute Gasteiger partial charge is 0.421 e. The van der Waals surface area contributed by atoms with E-state index in [-0.39, 0.29) is 35.9 Å². The van der Waals surface area contributed by atoms with Crippen LogP contribution in [0.1, 0.15) is 17.9 Å². The van der Waals surface area contributed by atoms with Gasteiger partial charge in [-0.2, -0.15) is 13.2 Å². The van der Waals surface area contributed by atoms with Gasteiger partial charge < -0.3 is 9.73 Å². The van der Waals surface area contributed by atoms with Crippen LogP contribution >= 0.6 is 0 Å². The Kier molecular flexibility index (Phi) is 5.20. The quantitative estimate of drug-likeness (QED) is 0.665. The van der Waals surface area contributed by atoms with Gasteiger partial charge in [0.05, 0.1) is 16.8 Å². The molecule has 0 aliphatic rings. The zero-order valence-electron chi connectivity index (χ0n) is 13.8. The van der Waals surface area contributed by atoms with Gasteiger partial charge in [0.15, 0.2) is 0 Å². The summed E-state index contributed by atoms with van der Waals surface area (Å²) in [5.41, 5.74) is -1.13. The van der Waals surface area contributed by atoms with Gasteiger partial charge >= 0.3 is 6.18 Å². The molecule has 0 spiro atoms. The second-order valence-corrected chi connectivity index (χ2v) is 5.57. The van der Waals surface area contributed by atoms with E-state index in [0.717, 1.165) is 6.07 Å². The summed E-state index contributed by atoms with van der Waals surface area (Å²) in [6.45, 7) is 0. The number of benzene rings is 2. The molecule has 0 radical (unpaired) electrons. The van der Waals surface area contributed by atoms with Crippen molar-refractivity contribution in [2.45, 2.75) is 19.0 Å². The molecule has 1 amide bonds. The second-order valence-electron chi connectivity index (χ2n) is 5.57. The number of nitrogens with one attached hydrogen (secondary N) is 1. The van der Waals surface area contributed by atoms with Crippen molar-refractivity contribution in [1.82, 2.24) is 10.2 Å². The predicted molar refractivity (Wildman–Crippen MR) is 88.1 cm³/mol. The van der Waals surface area contributed by atoms with E-state index in [0.29, 0.717) is 0 Å². The lowest BCUT2D eigenvalue weighted by atomic mass is 10.1. The molecular formula is C18H13F4N3O2. The van der Waals surface area contributed by atoms with E-state index in [4.69, 9.17) is 4.42 Å². The standard InChI is InChI=1S/C18H13F4N3O2/c19-13-7-3-1-5-11(13)17-25-24-16(27-17)10-9-15(26)23-14-8-4-2-6-12(14)18(20,21)22/h1-8H,9-10H2,(H,23,26). The monoisotopic (exact) mass is 379 g/mol. The number of carbonyl (C=O) groups excluding carboxylic acids is 1. The Hall–Kier alpha value is -3.23. The third kappa shape index (κ3) is 4.49. The zero-order valence-corrected chi connectivity index (χ0v) is 13.8. The molecule has 3 aromatic rings. The van der Waals surface area contributed by atoms with Crippen molar-refractivity contribution in [3.05, 3.63) is 65.8 Å². The summed E-state index contributed by atoms with van der Waals surface area (Å²) in [7, 11) is 0. The molecule has 5 nitrogen and oxygen atoms in total. The molecule has 0 saturated heterocycles. The topological polar surface area (TPSA) is 68.0 Å². The highest BCUT2D eigenvalue weighted by Crippen LogP contribution is 2.34. The maximum atomic E-state index is 13.7. The summed E-state index contributed by atoms with van der Waals surface area (Å²) in [5.74, 6) is -1.13. The van der Waals surface area contributed by atoms with Crippen LogP contribution in [-0.2, 0) is 17.4 Å². The highest BCUT2D eigenvalue weighted by atomic mass is 19.4. The Morgan fingerprint density at radius 2 is 1.74 bits per heavy atom. The van der Waals surface area contributed by atoms with Crippen LogP contribution in [0, 0.1) is 5.82 Å². The van der Waals surface area contributed by atoms with E-state index in [9.17, 15) is 22.4 Å². The van der Waals surface area contributed by atoms with Crippen molar-refractivity contribution in [2.75, 3.05) is 5.32 Å². The third-order valence-electron chi connectivity index (χ3n) is 3.64. The first kappa shape index (κ1) is 18.6. The first-order valence-corrected chi connectivity index (χ1v) is 7.88. The fraction of sp³-hybridized carbons (Fsp3) is 0.167. The van der Waals surface area contributed by atoms with Gasteiger partial charge in [0.1, 0.15) is 5.82 Å². The smallest absolute Gasteiger partial charge is 0.418 e. The van der Waals surface area contributed by atoms with Crippen LogP contribution in [0.3, 0.4) is 0 Å². The van der Waals surface area contributed by atoms with E-state index in [1.165, 1.54) is 36.4 Å². The average molecular weight is 379 g/mol. The number of alkyl halides is 3.